The molecule has 0 N–H and O–H groups in total. The molecular weight excluding hydrogens is 306 g/mol. The Hall–Kier alpha value is -1.43. The van der Waals surface area contributed by atoms with Crippen LogP contribution in [0.1, 0.15) is 24.0 Å². The van der Waals surface area contributed by atoms with E-state index < -0.39 is 0 Å². The summed E-state index contributed by atoms with van der Waals surface area (Å²) < 4.78 is 5.82. The summed E-state index contributed by atoms with van der Waals surface area (Å²) in [6, 6.07) is 10.6. The average molecular weight is 329 g/mol. The average Bonchev–Trinajstić information content (AvgIpc) is 3.09. The van der Waals surface area contributed by atoms with E-state index in [0.29, 0.717) is 6.10 Å². The minimum atomic E-state index is 0.352. The molecule has 0 amide bonds. The number of thioether (sulfide) groups is 1. The van der Waals surface area contributed by atoms with Crippen LogP contribution < -0.4 is 0 Å². The van der Waals surface area contributed by atoms with Crippen LogP contribution in [0.3, 0.4) is 0 Å². The fourth-order valence-electron chi connectivity index (χ4n) is 2.89. The maximum Gasteiger partial charge on any atom is 0.187 e. The lowest BCUT2D eigenvalue weighted by Crippen LogP contribution is -2.31. The van der Waals surface area contributed by atoms with Gasteiger partial charge in [0.05, 0.1) is 6.10 Å². The van der Waals surface area contributed by atoms with Crippen LogP contribution in [0.2, 0.25) is 0 Å². The SMILES string of the molecule is CSc1ncc(CN(Cc2ccccc2)CC2CCCO2)cn1. The first-order chi connectivity index (χ1) is 11.3. The second-order valence-electron chi connectivity index (χ2n) is 5.87. The van der Waals surface area contributed by atoms with E-state index in [9.17, 15) is 0 Å². The third-order valence-electron chi connectivity index (χ3n) is 4.01. The van der Waals surface area contributed by atoms with Crippen LogP contribution >= 0.6 is 11.8 Å². The predicted molar refractivity (Wildman–Crippen MR) is 93.3 cm³/mol. The van der Waals surface area contributed by atoms with Crippen molar-refractivity contribution in [1.82, 2.24) is 14.9 Å². The van der Waals surface area contributed by atoms with Crippen molar-refractivity contribution >= 4 is 11.8 Å². The van der Waals surface area contributed by atoms with Crippen molar-refractivity contribution in [2.75, 3.05) is 19.4 Å². The Morgan fingerprint density at radius 1 is 1.13 bits per heavy atom. The zero-order valence-electron chi connectivity index (χ0n) is 13.5. The molecule has 1 unspecified atom stereocenters. The van der Waals surface area contributed by atoms with Gasteiger partial charge in [0.15, 0.2) is 5.16 Å². The van der Waals surface area contributed by atoms with E-state index in [1.54, 1.807) is 11.8 Å². The monoisotopic (exact) mass is 329 g/mol. The van der Waals surface area contributed by atoms with E-state index in [1.165, 1.54) is 12.0 Å². The lowest BCUT2D eigenvalue weighted by molar-refractivity contribution is 0.0678. The zero-order valence-corrected chi connectivity index (χ0v) is 14.3. The quantitative estimate of drug-likeness (QED) is 0.575. The van der Waals surface area contributed by atoms with Crippen LogP contribution in [0, 0.1) is 0 Å². The number of ether oxygens (including phenoxy) is 1. The first kappa shape index (κ1) is 16.4. The Kier molecular flexibility index (Phi) is 6.02. The summed E-state index contributed by atoms with van der Waals surface area (Å²) in [7, 11) is 0. The molecular formula is C18H23N3OS. The molecule has 0 aliphatic carbocycles. The molecule has 4 nitrogen and oxygen atoms in total. The van der Waals surface area contributed by atoms with E-state index >= 15 is 0 Å². The standard InChI is InChI=1S/C18H23N3OS/c1-23-18-19-10-16(11-20-18)13-21(14-17-8-5-9-22-17)12-15-6-3-2-4-7-15/h2-4,6-7,10-11,17H,5,8-9,12-14H2,1H3. The molecule has 0 bridgehead atoms. The van der Waals surface area contributed by atoms with Crippen molar-refractivity contribution in [2.24, 2.45) is 0 Å². The largest absolute Gasteiger partial charge is 0.377 e. The maximum atomic E-state index is 5.82. The molecule has 1 saturated heterocycles. The fourth-order valence-corrected chi connectivity index (χ4v) is 3.21. The molecule has 122 valence electrons. The van der Waals surface area contributed by atoms with E-state index in [1.807, 2.05) is 18.6 Å². The maximum absolute atomic E-state index is 5.82. The van der Waals surface area contributed by atoms with Crippen LogP contribution in [-0.4, -0.2) is 40.4 Å². The van der Waals surface area contributed by atoms with Gasteiger partial charge in [0.25, 0.3) is 0 Å². The molecule has 1 aromatic heterocycles. The number of hydrogen-bond donors (Lipinski definition) is 0. The van der Waals surface area contributed by atoms with E-state index in [-0.39, 0.29) is 0 Å². The lowest BCUT2D eigenvalue weighted by Gasteiger charge is -2.25. The van der Waals surface area contributed by atoms with Gasteiger partial charge < -0.3 is 4.74 Å². The number of rotatable bonds is 7. The zero-order chi connectivity index (χ0) is 15.9. The van der Waals surface area contributed by atoms with Gasteiger partial charge in [0, 0.05) is 44.2 Å². The molecule has 1 aliphatic rings. The lowest BCUT2D eigenvalue weighted by atomic mass is 10.1. The molecule has 1 aromatic carbocycles. The molecule has 0 spiro atoms. The Bertz CT molecular complexity index is 585. The molecule has 1 atom stereocenters. The summed E-state index contributed by atoms with van der Waals surface area (Å²) in [6.07, 6.45) is 8.56. The molecule has 1 aliphatic heterocycles. The van der Waals surface area contributed by atoms with Gasteiger partial charge in [-0.1, -0.05) is 42.1 Å². The van der Waals surface area contributed by atoms with Crippen LogP contribution in [0.4, 0.5) is 0 Å². The van der Waals surface area contributed by atoms with Gasteiger partial charge in [-0.3, -0.25) is 4.90 Å². The minimum absolute atomic E-state index is 0.352. The van der Waals surface area contributed by atoms with E-state index in [4.69, 9.17) is 4.74 Å². The van der Waals surface area contributed by atoms with Crippen LogP contribution in [-0.2, 0) is 17.8 Å². The second-order valence-corrected chi connectivity index (χ2v) is 6.64. The van der Waals surface area contributed by atoms with Crippen molar-refractivity contribution in [3.63, 3.8) is 0 Å². The minimum Gasteiger partial charge on any atom is -0.377 e. The Labute approximate surface area is 142 Å². The molecule has 2 aromatic rings. The highest BCUT2D eigenvalue weighted by atomic mass is 32.2. The molecule has 2 heterocycles. The van der Waals surface area contributed by atoms with Gasteiger partial charge in [-0.2, -0.15) is 0 Å². The van der Waals surface area contributed by atoms with Gasteiger partial charge >= 0.3 is 0 Å². The van der Waals surface area contributed by atoms with Gasteiger partial charge in [0.2, 0.25) is 0 Å². The van der Waals surface area contributed by atoms with Crippen molar-refractivity contribution in [1.29, 1.82) is 0 Å². The predicted octanol–water partition coefficient (Wildman–Crippen LogP) is 3.38. The molecule has 0 radical (unpaired) electrons. The first-order valence-electron chi connectivity index (χ1n) is 8.06. The van der Waals surface area contributed by atoms with Gasteiger partial charge in [-0.05, 0) is 24.7 Å². The third kappa shape index (κ3) is 5.03. The highest BCUT2D eigenvalue weighted by Crippen LogP contribution is 2.17. The normalized spacial score (nSPS) is 17.7. The number of aromatic nitrogens is 2. The summed E-state index contributed by atoms with van der Waals surface area (Å²) >= 11 is 1.57. The van der Waals surface area contributed by atoms with Crippen molar-refractivity contribution in [3.05, 3.63) is 53.9 Å². The number of nitrogens with zero attached hydrogens (tertiary/aromatic N) is 3. The van der Waals surface area contributed by atoms with Gasteiger partial charge in [-0.25, -0.2) is 9.97 Å². The van der Waals surface area contributed by atoms with Crippen LogP contribution in [0.15, 0.2) is 47.9 Å². The summed E-state index contributed by atoms with van der Waals surface area (Å²) in [5.41, 5.74) is 2.48. The number of hydrogen-bond acceptors (Lipinski definition) is 5. The Balaban J connectivity index is 1.67. The van der Waals surface area contributed by atoms with Gasteiger partial charge in [-0.15, -0.1) is 0 Å². The number of benzene rings is 1. The van der Waals surface area contributed by atoms with Crippen molar-refractivity contribution < 1.29 is 4.74 Å². The Morgan fingerprint density at radius 3 is 2.52 bits per heavy atom. The second kappa shape index (κ2) is 8.43. The highest BCUT2D eigenvalue weighted by Gasteiger charge is 2.19. The Morgan fingerprint density at radius 2 is 1.87 bits per heavy atom. The molecule has 23 heavy (non-hydrogen) atoms. The van der Waals surface area contributed by atoms with E-state index in [2.05, 4.69) is 45.2 Å². The summed E-state index contributed by atoms with van der Waals surface area (Å²) in [6.45, 7) is 3.63. The molecule has 0 saturated carbocycles. The smallest absolute Gasteiger partial charge is 0.187 e. The third-order valence-corrected chi connectivity index (χ3v) is 4.58. The highest BCUT2D eigenvalue weighted by molar-refractivity contribution is 7.98. The van der Waals surface area contributed by atoms with Gasteiger partial charge in [0.1, 0.15) is 0 Å². The molecule has 3 rings (SSSR count). The topological polar surface area (TPSA) is 38.2 Å². The summed E-state index contributed by atoms with van der Waals surface area (Å²) in [5.74, 6) is 0. The molecule has 1 fully saturated rings. The fraction of sp³-hybridized carbons (Fsp3) is 0.444. The van der Waals surface area contributed by atoms with Crippen LogP contribution in [0.25, 0.3) is 0 Å². The van der Waals surface area contributed by atoms with Crippen molar-refractivity contribution in [3.8, 4) is 0 Å². The molecule has 5 heteroatoms. The summed E-state index contributed by atoms with van der Waals surface area (Å²) in [5, 5.41) is 0.822. The van der Waals surface area contributed by atoms with E-state index in [0.717, 1.165) is 43.4 Å². The van der Waals surface area contributed by atoms with Crippen LogP contribution in [0.5, 0.6) is 0 Å². The summed E-state index contributed by atoms with van der Waals surface area (Å²) in [4.78, 5) is 11.2. The first-order valence-corrected chi connectivity index (χ1v) is 9.29. The van der Waals surface area contributed by atoms with Crippen molar-refractivity contribution in [2.45, 2.75) is 37.2 Å².